The van der Waals surface area contributed by atoms with Gasteiger partial charge >= 0.3 is 0 Å². The molecule has 6 nitrogen and oxygen atoms in total. The summed E-state index contributed by atoms with van der Waals surface area (Å²) in [6.45, 7) is 5.36. The molecule has 0 spiro atoms. The van der Waals surface area contributed by atoms with Crippen molar-refractivity contribution in [2.75, 3.05) is 7.11 Å². The Morgan fingerprint density at radius 3 is 2.88 bits per heavy atom. The number of methoxy groups -OCH3 is 1. The third-order valence-electron chi connectivity index (χ3n) is 4.63. The van der Waals surface area contributed by atoms with Gasteiger partial charge in [0.2, 0.25) is 0 Å². The Labute approximate surface area is 152 Å². The van der Waals surface area contributed by atoms with E-state index < -0.39 is 0 Å². The van der Waals surface area contributed by atoms with Crippen molar-refractivity contribution in [1.82, 2.24) is 15.5 Å². The lowest BCUT2D eigenvalue weighted by Gasteiger charge is -2.12. The number of aryl methyl sites for hydroxylation is 1. The topological polar surface area (TPSA) is 72.3 Å². The SMILES string of the molecule is COc1cc2c(cc1CNCc1cn[nH]c1-c1ccc(C)o1)OC(C)C2. The van der Waals surface area contributed by atoms with Crippen molar-refractivity contribution in [3.8, 4) is 23.0 Å². The molecular weight excluding hydrogens is 330 g/mol. The highest BCUT2D eigenvalue weighted by Gasteiger charge is 2.21. The molecule has 3 aromatic rings. The van der Waals surface area contributed by atoms with Crippen molar-refractivity contribution in [2.24, 2.45) is 0 Å². The summed E-state index contributed by atoms with van der Waals surface area (Å²) < 4.78 is 17.1. The zero-order valence-electron chi connectivity index (χ0n) is 15.3. The Morgan fingerprint density at radius 1 is 1.27 bits per heavy atom. The maximum atomic E-state index is 5.87. The van der Waals surface area contributed by atoms with Gasteiger partial charge in [-0.2, -0.15) is 5.10 Å². The fourth-order valence-electron chi connectivity index (χ4n) is 3.37. The Bertz CT molecular complexity index is 913. The number of hydrogen-bond donors (Lipinski definition) is 2. The largest absolute Gasteiger partial charge is 0.496 e. The highest BCUT2D eigenvalue weighted by atomic mass is 16.5. The molecular formula is C20H23N3O3. The summed E-state index contributed by atoms with van der Waals surface area (Å²) >= 11 is 0. The van der Waals surface area contributed by atoms with E-state index in [4.69, 9.17) is 13.9 Å². The average Bonchev–Trinajstić information content (AvgIpc) is 3.32. The number of fused-ring (bicyclic) bond motifs is 1. The van der Waals surface area contributed by atoms with Crippen LogP contribution in [0.25, 0.3) is 11.5 Å². The standard InChI is InChI=1S/C20H23N3O3/c1-12-4-5-17(25-12)20-16(11-22-23-20)10-21-9-15-8-19-14(6-13(2)26-19)7-18(15)24-3/h4-5,7-8,11,13,21H,6,9-10H2,1-3H3,(H,22,23). The summed E-state index contributed by atoms with van der Waals surface area (Å²) in [6.07, 6.45) is 2.98. The first-order valence-electron chi connectivity index (χ1n) is 8.80. The molecule has 1 aliphatic heterocycles. The Morgan fingerprint density at radius 2 is 2.12 bits per heavy atom. The fraction of sp³-hybridized carbons (Fsp3) is 0.350. The lowest BCUT2D eigenvalue weighted by atomic mass is 10.1. The Kier molecular flexibility index (Phi) is 4.42. The van der Waals surface area contributed by atoms with Crippen LogP contribution in [-0.2, 0) is 19.5 Å². The average molecular weight is 353 g/mol. The minimum Gasteiger partial charge on any atom is -0.496 e. The second-order valence-electron chi connectivity index (χ2n) is 6.69. The quantitative estimate of drug-likeness (QED) is 0.708. The highest BCUT2D eigenvalue weighted by molar-refractivity contribution is 5.56. The molecule has 0 bridgehead atoms. The van der Waals surface area contributed by atoms with Gasteiger partial charge in [0.1, 0.15) is 29.1 Å². The van der Waals surface area contributed by atoms with Gasteiger partial charge in [-0.15, -0.1) is 0 Å². The summed E-state index contributed by atoms with van der Waals surface area (Å²) in [5.41, 5.74) is 4.26. The molecule has 0 radical (unpaired) electrons. The van der Waals surface area contributed by atoms with Crippen LogP contribution >= 0.6 is 0 Å². The first kappa shape index (κ1) is 16.7. The first-order chi connectivity index (χ1) is 12.6. The Balaban J connectivity index is 1.46. The summed E-state index contributed by atoms with van der Waals surface area (Å²) in [5, 5.41) is 10.6. The van der Waals surface area contributed by atoms with Gasteiger partial charge in [0, 0.05) is 36.2 Å². The summed E-state index contributed by atoms with van der Waals surface area (Å²) in [7, 11) is 1.71. The number of aromatic amines is 1. The predicted molar refractivity (Wildman–Crippen MR) is 98.4 cm³/mol. The number of nitrogens with one attached hydrogen (secondary N) is 2. The molecule has 0 aliphatic carbocycles. The van der Waals surface area contributed by atoms with Crippen molar-refractivity contribution >= 4 is 0 Å². The van der Waals surface area contributed by atoms with Crippen molar-refractivity contribution < 1.29 is 13.9 Å². The number of furan rings is 1. The molecule has 1 aliphatic rings. The van der Waals surface area contributed by atoms with E-state index in [1.54, 1.807) is 7.11 Å². The number of rotatable bonds is 6. The van der Waals surface area contributed by atoms with Gasteiger partial charge in [-0.05, 0) is 38.1 Å². The molecule has 1 atom stereocenters. The molecule has 0 saturated carbocycles. The van der Waals surface area contributed by atoms with Gasteiger partial charge in [-0.3, -0.25) is 5.10 Å². The third-order valence-corrected chi connectivity index (χ3v) is 4.63. The molecule has 4 rings (SSSR count). The number of aromatic nitrogens is 2. The smallest absolute Gasteiger partial charge is 0.152 e. The van der Waals surface area contributed by atoms with E-state index in [0.717, 1.165) is 46.3 Å². The monoisotopic (exact) mass is 353 g/mol. The maximum absolute atomic E-state index is 5.87. The molecule has 2 N–H and O–H groups in total. The molecule has 1 aromatic carbocycles. The highest BCUT2D eigenvalue weighted by Crippen LogP contribution is 2.35. The molecule has 136 valence electrons. The second kappa shape index (κ2) is 6.88. The lowest BCUT2D eigenvalue weighted by molar-refractivity contribution is 0.254. The van der Waals surface area contributed by atoms with Gasteiger partial charge in [-0.1, -0.05) is 0 Å². The van der Waals surface area contributed by atoms with Crippen molar-refractivity contribution in [3.63, 3.8) is 0 Å². The van der Waals surface area contributed by atoms with Gasteiger partial charge in [0.15, 0.2) is 5.76 Å². The molecule has 0 saturated heterocycles. The van der Waals surface area contributed by atoms with Crippen LogP contribution in [0.2, 0.25) is 0 Å². The fourth-order valence-corrected chi connectivity index (χ4v) is 3.37. The third kappa shape index (κ3) is 3.20. The predicted octanol–water partition coefficient (Wildman–Crippen LogP) is 3.60. The van der Waals surface area contributed by atoms with Crippen molar-refractivity contribution in [2.45, 2.75) is 39.5 Å². The van der Waals surface area contributed by atoms with E-state index in [1.807, 2.05) is 25.3 Å². The van der Waals surface area contributed by atoms with Gasteiger partial charge in [0.25, 0.3) is 0 Å². The molecule has 0 amide bonds. The summed E-state index contributed by atoms with van der Waals surface area (Å²) in [6, 6.07) is 8.07. The molecule has 6 heteroatoms. The number of hydrogen-bond acceptors (Lipinski definition) is 5. The zero-order valence-corrected chi connectivity index (χ0v) is 15.3. The molecule has 1 unspecified atom stereocenters. The van der Waals surface area contributed by atoms with Crippen LogP contribution in [-0.4, -0.2) is 23.4 Å². The minimum absolute atomic E-state index is 0.225. The van der Waals surface area contributed by atoms with E-state index in [2.05, 4.69) is 34.6 Å². The van der Waals surface area contributed by atoms with Gasteiger partial charge < -0.3 is 19.2 Å². The molecule has 2 aromatic heterocycles. The maximum Gasteiger partial charge on any atom is 0.152 e. The van der Waals surface area contributed by atoms with E-state index >= 15 is 0 Å². The van der Waals surface area contributed by atoms with Crippen molar-refractivity contribution in [3.05, 3.63) is 52.9 Å². The van der Waals surface area contributed by atoms with Crippen molar-refractivity contribution in [1.29, 1.82) is 0 Å². The van der Waals surface area contributed by atoms with Crippen LogP contribution in [0.4, 0.5) is 0 Å². The molecule has 26 heavy (non-hydrogen) atoms. The Hall–Kier alpha value is -2.73. The van der Waals surface area contributed by atoms with Crippen LogP contribution < -0.4 is 14.8 Å². The van der Waals surface area contributed by atoms with E-state index in [0.29, 0.717) is 13.1 Å². The molecule has 0 fully saturated rings. The number of ether oxygens (including phenoxy) is 2. The van der Waals surface area contributed by atoms with Crippen LogP contribution in [0.1, 0.15) is 29.4 Å². The summed E-state index contributed by atoms with van der Waals surface area (Å²) in [4.78, 5) is 0. The van der Waals surface area contributed by atoms with Gasteiger partial charge in [0.05, 0.1) is 13.3 Å². The minimum atomic E-state index is 0.225. The number of H-pyrrole nitrogens is 1. The zero-order chi connectivity index (χ0) is 18.1. The van der Waals surface area contributed by atoms with E-state index in [9.17, 15) is 0 Å². The van der Waals surface area contributed by atoms with Crippen LogP contribution in [0.5, 0.6) is 11.5 Å². The van der Waals surface area contributed by atoms with Crippen LogP contribution in [0.15, 0.2) is 34.9 Å². The van der Waals surface area contributed by atoms with Crippen LogP contribution in [0, 0.1) is 6.92 Å². The number of benzene rings is 1. The van der Waals surface area contributed by atoms with Crippen LogP contribution in [0.3, 0.4) is 0 Å². The summed E-state index contributed by atoms with van der Waals surface area (Å²) in [5.74, 6) is 3.54. The normalized spacial score (nSPS) is 15.7. The second-order valence-corrected chi connectivity index (χ2v) is 6.69. The molecule has 3 heterocycles. The van der Waals surface area contributed by atoms with Gasteiger partial charge in [-0.25, -0.2) is 0 Å². The number of nitrogens with zero attached hydrogens (tertiary/aromatic N) is 1. The first-order valence-corrected chi connectivity index (χ1v) is 8.80. The van der Waals surface area contributed by atoms with E-state index in [1.165, 1.54) is 5.56 Å². The lowest BCUT2D eigenvalue weighted by Crippen LogP contribution is -2.13. The van der Waals surface area contributed by atoms with E-state index in [-0.39, 0.29) is 6.10 Å².